The minimum atomic E-state index is -1.10. The van der Waals surface area contributed by atoms with E-state index in [1.807, 2.05) is 0 Å². The van der Waals surface area contributed by atoms with Crippen LogP contribution < -0.4 is 4.74 Å². The quantitative estimate of drug-likeness (QED) is 0.828. The first-order valence-corrected chi connectivity index (χ1v) is 5.02. The van der Waals surface area contributed by atoms with E-state index in [0.29, 0.717) is 5.75 Å². The summed E-state index contributed by atoms with van der Waals surface area (Å²) < 4.78 is 9.96. The third-order valence-electron chi connectivity index (χ3n) is 2.35. The smallest absolute Gasteiger partial charge is 0.417 e. The molecule has 17 heavy (non-hydrogen) atoms. The van der Waals surface area contributed by atoms with Crippen LogP contribution in [0.25, 0.3) is 0 Å². The second kappa shape index (κ2) is 4.84. The molecule has 1 atom stereocenters. The molecule has 1 aliphatic rings. The summed E-state index contributed by atoms with van der Waals surface area (Å²) in [4.78, 5) is 23.6. The molecule has 0 aromatic heterocycles. The lowest BCUT2D eigenvalue weighted by Gasteiger charge is -2.18. The number of carboxylic acids is 1. The van der Waals surface area contributed by atoms with E-state index in [2.05, 4.69) is 0 Å². The SMILES string of the molecule is O=C(O)[C@@H]1COCN1C(=O)Oc1ccccc1. The molecule has 0 bridgehead atoms. The second-order valence-electron chi connectivity index (χ2n) is 3.50. The Hall–Kier alpha value is -2.08. The fourth-order valence-corrected chi connectivity index (χ4v) is 1.48. The molecular weight excluding hydrogens is 226 g/mol. The van der Waals surface area contributed by atoms with Crippen LogP contribution in [0.2, 0.25) is 0 Å². The van der Waals surface area contributed by atoms with Crippen molar-refractivity contribution in [2.75, 3.05) is 13.3 Å². The van der Waals surface area contributed by atoms with Crippen molar-refractivity contribution in [1.82, 2.24) is 4.90 Å². The maximum Gasteiger partial charge on any atom is 0.417 e. The van der Waals surface area contributed by atoms with Crippen LogP contribution >= 0.6 is 0 Å². The molecule has 2 rings (SSSR count). The van der Waals surface area contributed by atoms with E-state index in [9.17, 15) is 9.59 Å². The van der Waals surface area contributed by atoms with Gasteiger partial charge in [0.2, 0.25) is 0 Å². The summed E-state index contributed by atoms with van der Waals surface area (Å²) in [6.45, 7) is -0.0815. The van der Waals surface area contributed by atoms with Crippen LogP contribution in [0.4, 0.5) is 4.79 Å². The fourth-order valence-electron chi connectivity index (χ4n) is 1.48. The first-order valence-electron chi connectivity index (χ1n) is 5.02. The number of aliphatic carboxylic acids is 1. The van der Waals surface area contributed by atoms with E-state index in [-0.39, 0.29) is 13.3 Å². The van der Waals surface area contributed by atoms with Gasteiger partial charge in [-0.05, 0) is 12.1 Å². The Labute approximate surface area is 97.4 Å². The van der Waals surface area contributed by atoms with Crippen molar-refractivity contribution >= 4 is 12.1 Å². The lowest BCUT2D eigenvalue weighted by Crippen LogP contribution is -2.43. The molecular formula is C11H11NO5. The summed E-state index contributed by atoms with van der Waals surface area (Å²) in [6.07, 6.45) is -0.721. The van der Waals surface area contributed by atoms with Gasteiger partial charge in [-0.1, -0.05) is 18.2 Å². The van der Waals surface area contributed by atoms with E-state index < -0.39 is 18.1 Å². The molecule has 1 aromatic rings. The number of rotatable bonds is 2. The first kappa shape index (κ1) is 11.4. The van der Waals surface area contributed by atoms with Gasteiger partial charge < -0.3 is 14.6 Å². The molecule has 1 N–H and O–H groups in total. The van der Waals surface area contributed by atoms with E-state index in [4.69, 9.17) is 14.6 Å². The Morgan fingerprint density at radius 3 is 2.71 bits per heavy atom. The van der Waals surface area contributed by atoms with Crippen molar-refractivity contribution in [2.45, 2.75) is 6.04 Å². The molecule has 90 valence electrons. The molecule has 1 amide bonds. The van der Waals surface area contributed by atoms with Gasteiger partial charge in [-0.3, -0.25) is 4.90 Å². The zero-order valence-corrected chi connectivity index (χ0v) is 8.91. The Morgan fingerprint density at radius 1 is 1.35 bits per heavy atom. The standard InChI is InChI=1S/C11H11NO5/c13-10(14)9-6-16-7-12(9)11(15)17-8-4-2-1-3-5-8/h1-5,9H,6-7H2,(H,13,14)/t9-/m0/s1. The van der Waals surface area contributed by atoms with Crippen LogP contribution in [0.1, 0.15) is 0 Å². The van der Waals surface area contributed by atoms with Crippen LogP contribution in [0, 0.1) is 0 Å². The zero-order valence-electron chi connectivity index (χ0n) is 8.91. The molecule has 6 heteroatoms. The monoisotopic (exact) mass is 237 g/mol. The molecule has 1 aromatic carbocycles. The summed E-state index contributed by atoms with van der Waals surface area (Å²) in [5, 5.41) is 8.87. The Morgan fingerprint density at radius 2 is 2.06 bits per heavy atom. The van der Waals surface area contributed by atoms with Crippen molar-refractivity contribution in [1.29, 1.82) is 0 Å². The number of hydrogen-bond acceptors (Lipinski definition) is 4. The zero-order chi connectivity index (χ0) is 12.3. The average Bonchev–Trinajstić information content (AvgIpc) is 2.79. The molecule has 0 aliphatic carbocycles. The number of para-hydroxylation sites is 1. The largest absolute Gasteiger partial charge is 0.480 e. The minimum Gasteiger partial charge on any atom is -0.480 e. The highest BCUT2D eigenvalue weighted by Crippen LogP contribution is 2.15. The molecule has 0 spiro atoms. The van der Waals surface area contributed by atoms with Crippen molar-refractivity contribution in [2.24, 2.45) is 0 Å². The van der Waals surface area contributed by atoms with Crippen LogP contribution in [0.15, 0.2) is 30.3 Å². The summed E-state index contributed by atoms with van der Waals surface area (Å²) in [7, 11) is 0. The van der Waals surface area contributed by atoms with Gasteiger partial charge in [-0.2, -0.15) is 0 Å². The maximum absolute atomic E-state index is 11.7. The van der Waals surface area contributed by atoms with Gasteiger partial charge in [0.25, 0.3) is 0 Å². The van der Waals surface area contributed by atoms with E-state index in [1.165, 1.54) is 0 Å². The topological polar surface area (TPSA) is 76.1 Å². The number of amides is 1. The molecule has 0 saturated carbocycles. The summed E-state index contributed by atoms with van der Waals surface area (Å²) in [5.41, 5.74) is 0. The van der Waals surface area contributed by atoms with Crippen molar-refractivity contribution in [3.8, 4) is 5.75 Å². The molecule has 1 aliphatic heterocycles. The fraction of sp³-hybridized carbons (Fsp3) is 0.273. The number of benzene rings is 1. The van der Waals surface area contributed by atoms with Gasteiger partial charge >= 0.3 is 12.1 Å². The molecule has 0 unspecified atom stereocenters. The van der Waals surface area contributed by atoms with Gasteiger partial charge in [-0.15, -0.1) is 0 Å². The number of carbonyl (C=O) groups is 2. The lowest BCUT2D eigenvalue weighted by atomic mass is 10.3. The van der Waals surface area contributed by atoms with Crippen LogP contribution in [0.3, 0.4) is 0 Å². The first-order chi connectivity index (χ1) is 8.18. The lowest BCUT2D eigenvalue weighted by molar-refractivity contribution is -0.141. The van der Waals surface area contributed by atoms with Gasteiger partial charge in [0, 0.05) is 0 Å². The molecule has 1 heterocycles. The molecule has 1 saturated heterocycles. The van der Waals surface area contributed by atoms with Crippen LogP contribution in [-0.2, 0) is 9.53 Å². The predicted molar refractivity (Wildman–Crippen MR) is 56.5 cm³/mol. The minimum absolute atomic E-state index is 0.0147. The summed E-state index contributed by atoms with van der Waals surface area (Å²) >= 11 is 0. The normalized spacial score (nSPS) is 19.1. The number of carbonyl (C=O) groups excluding carboxylic acids is 1. The van der Waals surface area contributed by atoms with E-state index in [0.717, 1.165) is 4.90 Å². The van der Waals surface area contributed by atoms with Crippen molar-refractivity contribution < 1.29 is 24.2 Å². The van der Waals surface area contributed by atoms with Crippen molar-refractivity contribution in [3.05, 3.63) is 30.3 Å². The van der Waals surface area contributed by atoms with Gasteiger partial charge in [0.15, 0.2) is 6.04 Å². The Balaban J connectivity index is 2.03. The highest BCUT2D eigenvalue weighted by atomic mass is 16.6. The predicted octanol–water partition coefficient (Wildman–Crippen LogP) is 0.928. The third-order valence-corrected chi connectivity index (χ3v) is 2.35. The highest BCUT2D eigenvalue weighted by molar-refractivity contribution is 5.81. The summed E-state index contributed by atoms with van der Waals surface area (Å²) in [5.74, 6) is -0.735. The summed E-state index contributed by atoms with van der Waals surface area (Å²) in [6, 6.07) is 7.48. The number of nitrogens with zero attached hydrogens (tertiary/aromatic N) is 1. The van der Waals surface area contributed by atoms with Gasteiger partial charge in [0.05, 0.1) is 6.61 Å². The van der Waals surface area contributed by atoms with E-state index >= 15 is 0 Å². The Bertz CT molecular complexity index is 419. The van der Waals surface area contributed by atoms with Gasteiger partial charge in [0.1, 0.15) is 12.5 Å². The third kappa shape index (κ3) is 2.54. The number of carboxylic acid groups (broad SMARTS) is 1. The van der Waals surface area contributed by atoms with Crippen LogP contribution in [-0.4, -0.2) is 41.4 Å². The number of ether oxygens (including phenoxy) is 2. The highest BCUT2D eigenvalue weighted by Gasteiger charge is 2.36. The Kier molecular flexibility index (Phi) is 3.24. The molecule has 6 nitrogen and oxygen atoms in total. The second-order valence-corrected chi connectivity index (χ2v) is 3.50. The maximum atomic E-state index is 11.7. The molecule has 1 fully saturated rings. The van der Waals surface area contributed by atoms with Crippen LogP contribution in [0.5, 0.6) is 5.75 Å². The van der Waals surface area contributed by atoms with Crippen molar-refractivity contribution in [3.63, 3.8) is 0 Å². The number of hydrogen-bond donors (Lipinski definition) is 1. The average molecular weight is 237 g/mol. The molecule has 0 radical (unpaired) electrons. The van der Waals surface area contributed by atoms with E-state index in [1.54, 1.807) is 30.3 Å². The van der Waals surface area contributed by atoms with Gasteiger partial charge in [-0.25, -0.2) is 9.59 Å².